The highest BCUT2D eigenvalue weighted by Crippen LogP contribution is 2.53. The normalized spacial score (nSPS) is 18.8. The number of anilines is 1. The Hall–Kier alpha value is -0.840. The smallest absolute Gasteiger partial charge is 0.220 e. The van der Waals surface area contributed by atoms with E-state index in [1.807, 2.05) is 4.57 Å². The molecule has 1 aliphatic rings. The standard InChI is InChI=1S/C9H16N4S/c1-6(2)9(3-4-9)5-13-7(10)11-12-8(13)14/h6H,3-5H2,1-2H3,(H2,10,11)(H,12,14). The highest BCUT2D eigenvalue weighted by molar-refractivity contribution is 7.71. The van der Waals surface area contributed by atoms with E-state index < -0.39 is 0 Å². The molecule has 0 unspecified atom stereocenters. The molecule has 2 rings (SSSR count). The second kappa shape index (κ2) is 3.08. The van der Waals surface area contributed by atoms with Gasteiger partial charge in [-0.15, -0.1) is 5.10 Å². The van der Waals surface area contributed by atoms with Crippen LogP contribution in [0.1, 0.15) is 26.7 Å². The van der Waals surface area contributed by atoms with Gasteiger partial charge in [-0.1, -0.05) is 13.8 Å². The van der Waals surface area contributed by atoms with Crippen LogP contribution in [0.2, 0.25) is 0 Å². The average Bonchev–Trinajstić information content (AvgIpc) is 2.84. The number of hydrogen-bond donors (Lipinski definition) is 2. The first kappa shape index (κ1) is 9.71. The molecule has 3 N–H and O–H groups in total. The van der Waals surface area contributed by atoms with Gasteiger partial charge in [-0.2, -0.15) is 0 Å². The number of nitrogens with one attached hydrogen (secondary N) is 1. The highest BCUT2D eigenvalue weighted by Gasteiger charge is 2.45. The third kappa shape index (κ3) is 1.45. The second-order valence-electron chi connectivity index (χ2n) is 4.49. The van der Waals surface area contributed by atoms with E-state index in [4.69, 9.17) is 18.0 Å². The predicted octanol–water partition coefficient (Wildman–Crippen LogP) is 1.96. The van der Waals surface area contributed by atoms with Gasteiger partial charge in [0.1, 0.15) is 0 Å². The van der Waals surface area contributed by atoms with Crippen molar-refractivity contribution < 1.29 is 0 Å². The fourth-order valence-electron chi connectivity index (χ4n) is 1.88. The molecule has 0 saturated heterocycles. The predicted molar refractivity (Wildman–Crippen MR) is 58.3 cm³/mol. The monoisotopic (exact) mass is 212 g/mol. The molecular formula is C9H16N4S. The molecule has 14 heavy (non-hydrogen) atoms. The van der Waals surface area contributed by atoms with Crippen molar-refractivity contribution in [3.8, 4) is 0 Å². The Morgan fingerprint density at radius 1 is 1.64 bits per heavy atom. The van der Waals surface area contributed by atoms with Crippen LogP contribution in [0, 0.1) is 16.1 Å². The summed E-state index contributed by atoms with van der Waals surface area (Å²) in [6.45, 7) is 5.42. The van der Waals surface area contributed by atoms with Crippen LogP contribution in [0.3, 0.4) is 0 Å². The van der Waals surface area contributed by atoms with E-state index in [-0.39, 0.29) is 0 Å². The molecule has 0 atom stereocenters. The van der Waals surface area contributed by atoms with Crippen LogP contribution >= 0.6 is 12.2 Å². The van der Waals surface area contributed by atoms with E-state index in [1.54, 1.807) is 0 Å². The van der Waals surface area contributed by atoms with Gasteiger partial charge in [0.2, 0.25) is 5.95 Å². The first-order chi connectivity index (χ1) is 6.55. The minimum atomic E-state index is 0.413. The summed E-state index contributed by atoms with van der Waals surface area (Å²) in [5.74, 6) is 1.18. The number of nitrogen functional groups attached to an aromatic ring is 1. The van der Waals surface area contributed by atoms with Crippen molar-refractivity contribution in [1.29, 1.82) is 0 Å². The van der Waals surface area contributed by atoms with Gasteiger partial charge in [-0.05, 0) is 36.4 Å². The lowest BCUT2D eigenvalue weighted by Crippen LogP contribution is -2.19. The third-order valence-corrected chi connectivity index (χ3v) is 3.69. The maximum Gasteiger partial charge on any atom is 0.220 e. The molecule has 1 aromatic heterocycles. The van der Waals surface area contributed by atoms with Crippen molar-refractivity contribution in [2.75, 3.05) is 5.73 Å². The zero-order chi connectivity index (χ0) is 10.3. The summed E-state index contributed by atoms with van der Waals surface area (Å²) in [5.41, 5.74) is 6.14. The van der Waals surface area contributed by atoms with Gasteiger partial charge in [0.25, 0.3) is 0 Å². The molecule has 0 radical (unpaired) electrons. The number of H-pyrrole nitrogens is 1. The minimum Gasteiger partial charge on any atom is -0.368 e. The van der Waals surface area contributed by atoms with Crippen molar-refractivity contribution in [2.45, 2.75) is 33.2 Å². The zero-order valence-electron chi connectivity index (χ0n) is 8.58. The van der Waals surface area contributed by atoms with Crippen LogP contribution in [0.4, 0.5) is 5.95 Å². The molecule has 0 amide bonds. The van der Waals surface area contributed by atoms with Crippen LogP contribution in [-0.2, 0) is 6.54 Å². The Labute approximate surface area is 88.5 Å². The SMILES string of the molecule is CC(C)C1(Cn2c(N)n[nH]c2=S)CC1. The molecule has 4 nitrogen and oxygen atoms in total. The molecule has 0 bridgehead atoms. The van der Waals surface area contributed by atoms with E-state index in [1.165, 1.54) is 12.8 Å². The highest BCUT2D eigenvalue weighted by atomic mass is 32.1. The van der Waals surface area contributed by atoms with E-state index >= 15 is 0 Å². The number of aromatic nitrogens is 3. The number of nitrogens with two attached hydrogens (primary N) is 1. The lowest BCUT2D eigenvalue weighted by atomic mass is 9.92. The summed E-state index contributed by atoms with van der Waals surface area (Å²) in [5, 5.41) is 6.63. The van der Waals surface area contributed by atoms with Gasteiger partial charge < -0.3 is 5.73 Å². The fraction of sp³-hybridized carbons (Fsp3) is 0.778. The van der Waals surface area contributed by atoms with Gasteiger partial charge in [0, 0.05) is 6.54 Å². The number of hydrogen-bond acceptors (Lipinski definition) is 3. The third-order valence-electron chi connectivity index (χ3n) is 3.38. The Morgan fingerprint density at radius 2 is 2.29 bits per heavy atom. The van der Waals surface area contributed by atoms with Gasteiger partial charge >= 0.3 is 0 Å². The van der Waals surface area contributed by atoms with Gasteiger partial charge in [0.05, 0.1) is 0 Å². The first-order valence-electron chi connectivity index (χ1n) is 4.96. The van der Waals surface area contributed by atoms with Crippen molar-refractivity contribution in [2.24, 2.45) is 11.3 Å². The summed E-state index contributed by atoms with van der Waals surface area (Å²) in [6.07, 6.45) is 2.55. The summed E-state index contributed by atoms with van der Waals surface area (Å²) in [6, 6.07) is 0. The van der Waals surface area contributed by atoms with Crippen molar-refractivity contribution >= 4 is 18.2 Å². The molecule has 78 valence electrons. The molecule has 0 aliphatic heterocycles. The molecule has 1 aromatic rings. The quantitative estimate of drug-likeness (QED) is 0.753. The second-order valence-corrected chi connectivity index (χ2v) is 4.88. The summed E-state index contributed by atoms with van der Waals surface area (Å²) >= 11 is 5.12. The maximum atomic E-state index is 5.73. The molecule has 1 saturated carbocycles. The van der Waals surface area contributed by atoms with Crippen LogP contribution in [-0.4, -0.2) is 14.8 Å². The molecule has 1 heterocycles. The molecule has 1 aliphatic carbocycles. The van der Waals surface area contributed by atoms with Crippen LogP contribution in [0.25, 0.3) is 0 Å². The topological polar surface area (TPSA) is 59.6 Å². The molecule has 5 heteroatoms. The van der Waals surface area contributed by atoms with Gasteiger partial charge in [-0.25, -0.2) is 5.10 Å². The number of aromatic amines is 1. The van der Waals surface area contributed by atoms with E-state index in [0.29, 0.717) is 22.1 Å². The lowest BCUT2D eigenvalue weighted by Gasteiger charge is -2.20. The Bertz CT molecular complexity index is 386. The van der Waals surface area contributed by atoms with Crippen molar-refractivity contribution in [3.63, 3.8) is 0 Å². The van der Waals surface area contributed by atoms with Gasteiger partial charge in [-0.3, -0.25) is 4.57 Å². The molecule has 0 spiro atoms. The zero-order valence-corrected chi connectivity index (χ0v) is 9.40. The van der Waals surface area contributed by atoms with E-state index in [9.17, 15) is 0 Å². The summed E-state index contributed by atoms with van der Waals surface area (Å²) < 4.78 is 2.54. The first-order valence-corrected chi connectivity index (χ1v) is 5.37. The Kier molecular flexibility index (Phi) is 2.14. The van der Waals surface area contributed by atoms with E-state index in [0.717, 1.165) is 6.54 Å². The molecule has 0 aromatic carbocycles. The van der Waals surface area contributed by atoms with Crippen LogP contribution in [0.15, 0.2) is 0 Å². The largest absolute Gasteiger partial charge is 0.368 e. The fourth-order valence-corrected chi connectivity index (χ4v) is 2.08. The number of nitrogens with zero attached hydrogens (tertiary/aromatic N) is 2. The Morgan fingerprint density at radius 3 is 2.64 bits per heavy atom. The lowest BCUT2D eigenvalue weighted by molar-refractivity contribution is 0.309. The van der Waals surface area contributed by atoms with Crippen LogP contribution < -0.4 is 5.73 Å². The van der Waals surface area contributed by atoms with Crippen LogP contribution in [0.5, 0.6) is 0 Å². The Balaban J connectivity index is 2.23. The molecular weight excluding hydrogens is 196 g/mol. The van der Waals surface area contributed by atoms with E-state index in [2.05, 4.69) is 24.0 Å². The minimum absolute atomic E-state index is 0.413. The van der Waals surface area contributed by atoms with Crippen molar-refractivity contribution in [3.05, 3.63) is 4.77 Å². The maximum absolute atomic E-state index is 5.73. The van der Waals surface area contributed by atoms with Crippen molar-refractivity contribution in [1.82, 2.24) is 14.8 Å². The molecule has 1 fully saturated rings. The average molecular weight is 212 g/mol. The summed E-state index contributed by atoms with van der Waals surface area (Å²) in [7, 11) is 0. The van der Waals surface area contributed by atoms with Gasteiger partial charge in [0.15, 0.2) is 4.77 Å². The number of rotatable bonds is 3. The summed E-state index contributed by atoms with van der Waals surface area (Å²) in [4.78, 5) is 0.